The number of hydrogen-bond donors (Lipinski definition) is 2. The Morgan fingerprint density at radius 2 is 2.10 bits per heavy atom. The highest BCUT2D eigenvalue weighted by Crippen LogP contribution is 2.24. The molecular formula is C14H17ClFNO3. The van der Waals surface area contributed by atoms with Gasteiger partial charge < -0.3 is 10.4 Å². The van der Waals surface area contributed by atoms with E-state index in [1.165, 1.54) is 0 Å². The summed E-state index contributed by atoms with van der Waals surface area (Å²) in [7, 11) is 0. The average Bonchev–Trinajstić information content (AvgIpc) is 2.34. The Morgan fingerprint density at radius 1 is 1.45 bits per heavy atom. The largest absolute Gasteiger partial charge is 0.480 e. The number of amides is 1. The summed E-state index contributed by atoms with van der Waals surface area (Å²) >= 11 is 5.87. The molecule has 0 saturated carbocycles. The van der Waals surface area contributed by atoms with Crippen molar-refractivity contribution in [2.75, 3.05) is 6.67 Å². The van der Waals surface area contributed by atoms with Gasteiger partial charge in [0.05, 0.1) is 0 Å². The van der Waals surface area contributed by atoms with Gasteiger partial charge in [0.1, 0.15) is 6.67 Å². The van der Waals surface area contributed by atoms with Crippen LogP contribution in [0.25, 0.3) is 0 Å². The number of hydrogen-bond acceptors (Lipinski definition) is 2. The fourth-order valence-corrected chi connectivity index (χ4v) is 1.97. The van der Waals surface area contributed by atoms with Crippen molar-refractivity contribution >= 4 is 23.5 Å². The minimum absolute atomic E-state index is 0.373. The van der Waals surface area contributed by atoms with E-state index in [1.807, 2.05) is 6.07 Å². The highest BCUT2D eigenvalue weighted by molar-refractivity contribution is 6.30. The zero-order chi connectivity index (χ0) is 15.3. The Kier molecular flexibility index (Phi) is 5.51. The van der Waals surface area contributed by atoms with Crippen molar-refractivity contribution in [2.24, 2.45) is 5.41 Å². The summed E-state index contributed by atoms with van der Waals surface area (Å²) < 4.78 is 12.5. The van der Waals surface area contributed by atoms with Crippen LogP contribution in [-0.2, 0) is 16.0 Å². The number of alkyl halides is 1. The van der Waals surface area contributed by atoms with E-state index in [2.05, 4.69) is 5.32 Å². The Labute approximate surface area is 121 Å². The molecule has 0 radical (unpaired) electrons. The van der Waals surface area contributed by atoms with Gasteiger partial charge in [-0.1, -0.05) is 37.6 Å². The standard InChI is InChI=1S/C14H17ClFNO3/c1-14(2,7-9-4-3-5-10(15)6-9)13(20)17-11(8-16)12(18)19/h3-6,11H,7-8H2,1-2H3,(H,17,20)(H,18,19). The van der Waals surface area contributed by atoms with Crippen LogP contribution in [0.15, 0.2) is 24.3 Å². The van der Waals surface area contributed by atoms with Gasteiger partial charge in [0.25, 0.3) is 0 Å². The summed E-state index contributed by atoms with van der Waals surface area (Å²) in [5, 5.41) is 11.5. The minimum atomic E-state index is -1.51. The number of rotatable bonds is 6. The lowest BCUT2D eigenvalue weighted by Crippen LogP contribution is -2.48. The molecule has 0 heterocycles. The third-order valence-corrected chi connectivity index (χ3v) is 3.14. The van der Waals surface area contributed by atoms with Crippen LogP contribution < -0.4 is 5.32 Å². The molecule has 4 nitrogen and oxygen atoms in total. The molecule has 0 spiro atoms. The van der Waals surface area contributed by atoms with Gasteiger partial charge in [-0.2, -0.15) is 0 Å². The van der Waals surface area contributed by atoms with Gasteiger partial charge in [-0.15, -0.1) is 0 Å². The van der Waals surface area contributed by atoms with Gasteiger partial charge in [-0.05, 0) is 24.1 Å². The molecule has 0 bridgehead atoms. The van der Waals surface area contributed by atoms with E-state index in [0.717, 1.165) is 5.56 Å². The SMILES string of the molecule is CC(C)(Cc1cccc(Cl)c1)C(=O)NC(CF)C(=O)O. The number of benzene rings is 1. The summed E-state index contributed by atoms with van der Waals surface area (Å²) in [5.41, 5.74) is -0.0159. The molecule has 0 saturated heterocycles. The fraction of sp³-hybridized carbons (Fsp3) is 0.429. The third-order valence-electron chi connectivity index (χ3n) is 2.91. The van der Waals surface area contributed by atoms with Gasteiger partial charge in [-0.3, -0.25) is 4.79 Å². The smallest absolute Gasteiger partial charge is 0.328 e. The Hall–Kier alpha value is -1.62. The van der Waals surface area contributed by atoms with Crippen LogP contribution in [0.4, 0.5) is 4.39 Å². The number of carboxylic acids is 1. The Morgan fingerprint density at radius 3 is 2.60 bits per heavy atom. The molecular weight excluding hydrogens is 285 g/mol. The monoisotopic (exact) mass is 301 g/mol. The predicted molar refractivity (Wildman–Crippen MR) is 74.5 cm³/mol. The van der Waals surface area contributed by atoms with Gasteiger partial charge in [-0.25, -0.2) is 9.18 Å². The van der Waals surface area contributed by atoms with Crippen molar-refractivity contribution in [2.45, 2.75) is 26.3 Å². The zero-order valence-electron chi connectivity index (χ0n) is 11.3. The maximum atomic E-state index is 12.5. The van der Waals surface area contributed by atoms with Crippen LogP contribution in [0.1, 0.15) is 19.4 Å². The third kappa shape index (κ3) is 4.49. The zero-order valence-corrected chi connectivity index (χ0v) is 12.1. The van der Waals surface area contributed by atoms with Gasteiger partial charge in [0.2, 0.25) is 5.91 Å². The van der Waals surface area contributed by atoms with E-state index in [4.69, 9.17) is 16.7 Å². The molecule has 1 unspecified atom stereocenters. The predicted octanol–water partition coefficient (Wildman–Crippen LogP) is 2.45. The highest BCUT2D eigenvalue weighted by atomic mass is 35.5. The lowest BCUT2D eigenvalue weighted by molar-refractivity contribution is -0.143. The van der Waals surface area contributed by atoms with E-state index in [9.17, 15) is 14.0 Å². The molecule has 6 heteroatoms. The van der Waals surface area contributed by atoms with Crippen LogP contribution in [0, 0.1) is 5.41 Å². The quantitative estimate of drug-likeness (QED) is 0.848. The van der Waals surface area contributed by atoms with Gasteiger partial charge >= 0.3 is 5.97 Å². The first-order chi connectivity index (χ1) is 9.26. The van der Waals surface area contributed by atoms with Crippen molar-refractivity contribution in [1.82, 2.24) is 5.32 Å². The first-order valence-electron chi connectivity index (χ1n) is 6.10. The van der Waals surface area contributed by atoms with E-state index in [-0.39, 0.29) is 0 Å². The van der Waals surface area contributed by atoms with Crippen LogP contribution in [0.3, 0.4) is 0 Å². The molecule has 0 aliphatic rings. The molecule has 1 rings (SSSR count). The molecule has 110 valence electrons. The number of nitrogens with one attached hydrogen (secondary N) is 1. The topological polar surface area (TPSA) is 66.4 Å². The maximum Gasteiger partial charge on any atom is 0.328 e. The summed E-state index contributed by atoms with van der Waals surface area (Å²) in [5.74, 6) is -1.90. The second kappa shape index (κ2) is 6.70. The molecule has 20 heavy (non-hydrogen) atoms. The van der Waals surface area contributed by atoms with Crippen LogP contribution in [0.2, 0.25) is 5.02 Å². The van der Waals surface area contributed by atoms with Crippen LogP contribution >= 0.6 is 11.6 Å². The lowest BCUT2D eigenvalue weighted by atomic mass is 9.84. The van der Waals surface area contributed by atoms with Crippen LogP contribution in [-0.4, -0.2) is 29.7 Å². The fourth-order valence-electron chi connectivity index (χ4n) is 1.76. The Bertz CT molecular complexity index is 505. The van der Waals surface area contributed by atoms with Crippen LogP contribution in [0.5, 0.6) is 0 Å². The van der Waals surface area contributed by atoms with Gasteiger partial charge in [0, 0.05) is 10.4 Å². The summed E-state index contributed by atoms with van der Waals surface area (Å²) in [6.07, 6.45) is 0.373. The van der Waals surface area contributed by atoms with E-state index in [0.29, 0.717) is 11.4 Å². The average molecular weight is 302 g/mol. The molecule has 2 N–H and O–H groups in total. The maximum absolute atomic E-state index is 12.5. The summed E-state index contributed by atoms with van der Waals surface area (Å²) in [6.45, 7) is 2.19. The molecule has 0 aliphatic carbocycles. The van der Waals surface area contributed by atoms with Crippen molar-refractivity contribution in [3.63, 3.8) is 0 Å². The summed E-state index contributed by atoms with van der Waals surface area (Å²) in [6, 6.07) is 5.54. The number of aliphatic carboxylic acids is 1. The van der Waals surface area contributed by atoms with Crippen molar-refractivity contribution in [3.8, 4) is 0 Å². The lowest BCUT2D eigenvalue weighted by Gasteiger charge is -2.25. The molecule has 0 aliphatic heterocycles. The molecule has 0 fully saturated rings. The molecule has 1 atom stereocenters. The first kappa shape index (κ1) is 16.4. The molecule has 0 aromatic heterocycles. The second-order valence-corrected chi connectivity index (χ2v) is 5.65. The van der Waals surface area contributed by atoms with Crippen molar-refractivity contribution < 1.29 is 19.1 Å². The number of halogens is 2. The molecule has 1 amide bonds. The normalized spacial score (nSPS) is 12.8. The van der Waals surface area contributed by atoms with Crippen molar-refractivity contribution in [3.05, 3.63) is 34.9 Å². The molecule has 1 aromatic rings. The van der Waals surface area contributed by atoms with E-state index >= 15 is 0 Å². The second-order valence-electron chi connectivity index (χ2n) is 5.21. The van der Waals surface area contributed by atoms with E-state index < -0.39 is 30.0 Å². The first-order valence-corrected chi connectivity index (χ1v) is 6.48. The Balaban J connectivity index is 2.77. The number of carbonyl (C=O) groups excluding carboxylic acids is 1. The highest BCUT2D eigenvalue weighted by Gasteiger charge is 2.31. The van der Waals surface area contributed by atoms with Crippen molar-refractivity contribution in [1.29, 1.82) is 0 Å². The summed E-state index contributed by atoms with van der Waals surface area (Å²) in [4.78, 5) is 22.8. The van der Waals surface area contributed by atoms with E-state index in [1.54, 1.807) is 32.0 Å². The molecule has 1 aromatic carbocycles. The number of carboxylic acid groups (broad SMARTS) is 1. The minimum Gasteiger partial charge on any atom is -0.480 e. The van der Waals surface area contributed by atoms with Gasteiger partial charge in [0.15, 0.2) is 6.04 Å². The number of carbonyl (C=O) groups is 2.